The van der Waals surface area contributed by atoms with E-state index in [-0.39, 0.29) is 23.9 Å². The Morgan fingerprint density at radius 3 is 2.59 bits per heavy atom. The lowest BCUT2D eigenvalue weighted by Gasteiger charge is -2.13. The summed E-state index contributed by atoms with van der Waals surface area (Å²) < 4.78 is 54.0. The quantitative estimate of drug-likeness (QED) is 0.558. The molecule has 0 bridgehead atoms. The molecule has 0 aliphatic heterocycles. The van der Waals surface area contributed by atoms with Gasteiger partial charge in [-0.3, -0.25) is 0 Å². The van der Waals surface area contributed by atoms with E-state index in [1.807, 2.05) is 19.1 Å². The number of benzene rings is 2. The Morgan fingerprint density at radius 1 is 1.17 bits per heavy atom. The molecular formula is C20H17F3N2O4. The fourth-order valence-corrected chi connectivity index (χ4v) is 2.38. The van der Waals surface area contributed by atoms with Crippen LogP contribution < -0.4 is 4.74 Å². The fourth-order valence-electron chi connectivity index (χ4n) is 2.38. The third kappa shape index (κ3) is 5.34. The molecule has 0 fully saturated rings. The van der Waals surface area contributed by atoms with Gasteiger partial charge in [-0.25, -0.2) is 4.79 Å². The van der Waals surface area contributed by atoms with Gasteiger partial charge in [0.15, 0.2) is 12.7 Å². The fraction of sp³-hybridized carbons (Fsp3) is 0.250. The van der Waals surface area contributed by atoms with Gasteiger partial charge in [-0.1, -0.05) is 35.0 Å². The highest BCUT2D eigenvalue weighted by Crippen LogP contribution is 2.31. The summed E-state index contributed by atoms with van der Waals surface area (Å²) in [6.07, 6.45) is -5.35. The standard InChI is InChI=1S/C20H17F3N2O4/c1-12-6-8-16(9-7-12)28-13(2)19(26)27-11-17-24-18(25-29-17)14-4-3-5-15(10-14)20(21,22)23/h3-10,13H,11H2,1-2H3. The van der Waals surface area contributed by atoms with Crippen molar-refractivity contribution in [2.24, 2.45) is 0 Å². The van der Waals surface area contributed by atoms with Gasteiger partial charge in [0.25, 0.3) is 5.89 Å². The van der Waals surface area contributed by atoms with Gasteiger partial charge < -0.3 is 14.0 Å². The van der Waals surface area contributed by atoms with Crippen molar-refractivity contribution in [3.8, 4) is 17.1 Å². The highest BCUT2D eigenvalue weighted by atomic mass is 19.4. The van der Waals surface area contributed by atoms with Crippen LogP contribution >= 0.6 is 0 Å². The minimum absolute atomic E-state index is 0.0360. The Hall–Kier alpha value is -3.36. The Balaban J connectivity index is 1.59. The maximum atomic E-state index is 12.8. The summed E-state index contributed by atoms with van der Waals surface area (Å²) in [5.74, 6) is -0.214. The van der Waals surface area contributed by atoms with E-state index in [4.69, 9.17) is 14.0 Å². The van der Waals surface area contributed by atoms with Crippen molar-refractivity contribution in [2.75, 3.05) is 0 Å². The molecule has 0 amide bonds. The summed E-state index contributed by atoms with van der Waals surface area (Å²) in [4.78, 5) is 16.0. The zero-order valence-electron chi connectivity index (χ0n) is 15.6. The molecule has 0 aliphatic rings. The predicted molar refractivity (Wildman–Crippen MR) is 95.8 cm³/mol. The molecule has 3 rings (SSSR count). The summed E-state index contributed by atoms with van der Waals surface area (Å²) in [5, 5.41) is 3.63. The highest BCUT2D eigenvalue weighted by Gasteiger charge is 2.30. The molecule has 2 aromatic carbocycles. The number of rotatable bonds is 6. The van der Waals surface area contributed by atoms with Gasteiger partial charge in [0.2, 0.25) is 5.82 Å². The van der Waals surface area contributed by atoms with Gasteiger partial charge >= 0.3 is 12.1 Å². The Morgan fingerprint density at radius 2 is 1.90 bits per heavy atom. The second-order valence-electron chi connectivity index (χ2n) is 6.27. The van der Waals surface area contributed by atoms with Gasteiger partial charge in [-0.15, -0.1) is 0 Å². The average molecular weight is 406 g/mol. The van der Waals surface area contributed by atoms with Crippen LogP contribution in [0.2, 0.25) is 0 Å². The number of halogens is 3. The molecule has 6 nitrogen and oxygen atoms in total. The number of ether oxygens (including phenoxy) is 2. The third-order valence-corrected chi connectivity index (χ3v) is 3.92. The maximum absolute atomic E-state index is 12.8. The van der Waals surface area contributed by atoms with Crippen LogP contribution in [0.1, 0.15) is 23.9 Å². The van der Waals surface area contributed by atoms with E-state index in [1.54, 1.807) is 12.1 Å². The van der Waals surface area contributed by atoms with Gasteiger partial charge in [-0.2, -0.15) is 18.2 Å². The largest absolute Gasteiger partial charge is 0.479 e. The van der Waals surface area contributed by atoms with Crippen molar-refractivity contribution < 1.29 is 32.0 Å². The molecule has 0 aliphatic carbocycles. The van der Waals surface area contributed by atoms with E-state index in [2.05, 4.69) is 10.1 Å². The van der Waals surface area contributed by atoms with Crippen molar-refractivity contribution in [1.82, 2.24) is 10.1 Å². The first-order chi connectivity index (χ1) is 13.7. The first-order valence-corrected chi connectivity index (χ1v) is 8.62. The molecule has 0 saturated heterocycles. The zero-order chi connectivity index (χ0) is 21.0. The smallest absolute Gasteiger partial charge is 0.416 e. The molecule has 3 aromatic rings. The monoisotopic (exact) mass is 406 g/mol. The van der Waals surface area contributed by atoms with Crippen molar-refractivity contribution in [2.45, 2.75) is 32.7 Å². The van der Waals surface area contributed by atoms with Crippen LogP contribution in [0.4, 0.5) is 13.2 Å². The van der Waals surface area contributed by atoms with E-state index in [0.29, 0.717) is 5.75 Å². The molecule has 9 heteroatoms. The number of carbonyl (C=O) groups is 1. The molecule has 1 aromatic heterocycles. The van der Waals surface area contributed by atoms with Crippen molar-refractivity contribution in [1.29, 1.82) is 0 Å². The van der Waals surface area contributed by atoms with Gasteiger partial charge in [0.05, 0.1) is 5.56 Å². The van der Waals surface area contributed by atoms with Crippen LogP contribution in [0.25, 0.3) is 11.4 Å². The van der Waals surface area contributed by atoms with E-state index in [0.717, 1.165) is 17.7 Å². The zero-order valence-corrected chi connectivity index (χ0v) is 15.6. The molecule has 1 heterocycles. The average Bonchev–Trinajstić information content (AvgIpc) is 3.16. The van der Waals surface area contributed by atoms with E-state index in [9.17, 15) is 18.0 Å². The van der Waals surface area contributed by atoms with Crippen LogP contribution in [0.3, 0.4) is 0 Å². The third-order valence-electron chi connectivity index (χ3n) is 3.92. The van der Waals surface area contributed by atoms with Crippen LogP contribution in [-0.4, -0.2) is 22.2 Å². The molecule has 0 N–H and O–H groups in total. The lowest BCUT2D eigenvalue weighted by atomic mass is 10.1. The Kier molecular flexibility index (Phi) is 5.86. The van der Waals surface area contributed by atoms with E-state index >= 15 is 0 Å². The summed E-state index contributed by atoms with van der Waals surface area (Å²) in [7, 11) is 0. The van der Waals surface area contributed by atoms with Crippen LogP contribution in [0.15, 0.2) is 53.1 Å². The molecule has 0 spiro atoms. The number of nitrogens with zero attached hydrogens (tertiary/aromatic N) is 2. The van der Waals surface area contributed by atoms with E-state index < -0.39 is 23.8 Å². The number of esters is 1. The molecule has 0 radical (unpaired) electrons. The minimum Gasteiger partial charge on any atom is -0.479 e. The first kappa shape index (κ1) is 20.4. The summed E-state index contributed by atoms with van der Waals surface area (Å²) >= 11 is 0. The number of hydrogen-bond acceptors (Lipinski definition) is 6. The molecule has 1 unspecified atom stereocenters. The molecule has 152 valence electrons. The van der Waals surface area contributed by atoms with Gasteiger partial charge in [0, 0.05) is 5.56 Å². The van der Waals surface area contributed by atoms with Crippen molar-refractivity contribution in [3.63, 3.8) is 0 Å². The van der Waals surface area contributed by atoms with Crippen LogP contribution in [0.5, 0.6) is 5.75 Å². The lowest BCUT2D eigenvalue weighted by Crippen LogP contribution is -2.26. The molecule has 0 saturated carbocycles. The van der Waals surface area contributed by atoms with Crippen LogP contribution in [0, 0.1) is 6.92 Å². The number of aromatic nitrogens is 2. The van der Waals surface area contributed by atoms with E-state index in [1.165, 1.54) is 19.1 Å². The Labute approximate surface area is 164 Å². The SMILES string of the molecule is Cc1ccc(OC(C)C(=O)OCc2nc(-c3cccc(C(F)(F)F)c3)no2)cc1. The summed E-state index contributed by atoms with van der Waals surface area (Å²) in [6, 6.07) is 11.7. The highest BCUT2D eigenvalue weighted by molar-refractivity contribution is 5.74. The number of carbonyl (C=O) groups excluding carboxylic acids is 1. The molecule has 1 atom stereocenters. The summed E-state index contributed by atoms with van der Waals surface area (Å²) in [6.45, 7) is 3.13. The van der Waals surface area contributed by atoms with Crippen molar-refractivity contribution >= 4 is 5.97 Å². The lowest BCUT2D eigenvalue weighted by molar-refractivity contribution is -0.153. The second kappa shape index (κ2) is 8.34. The first-order valence-electron chi connectivity index (χ1n) is 8.62. The van der Waals surface area contributed by atoms with Gasteiger partial charge in [0.1, 0.15) is 5.75 Å². The maximum Gasteiger partial charge on any atom is 0.416 e. The summed E-state index contributed by atoms with van der Waals surface area (Å²) in [5.41, 5.74) is 0.368. The number of alkyl halides is 3. The normalized spacial score (nSPS) is 12.4. The topological polar surface area (TPSA) is 74.5 Å². The molecule has 29 heavy (non-hydrogen) atoms. The second-order valence-corrected chi connectivity index (χ2v) is 6.27. The minimum atomic E-state index is -4.48. The molecular weight excluding hydrogens is 389 g/mol. The number of aryl methyl sites for hydroxylation is 1. The number of hydrogen-bond donors (Lipinski definition) is 0. The van der Waals surface area contributed by atoms with Crippen molar-refractivity contribution in [3.05, 3.63) is 65.5 Å². The Bertz CT molecular complexity index is 984. The predicted octanol–water partition coefficient (Wildman–Crippen LogP) is 4.57. The van der Waals surface area contributed by atoms with Gasteiger partial charge in [-0.05, 0) is 38.1 Å². The van der Waals surface area contributed by atoms with Crippen LogP contribution in [-0.2, 0) is 22.3 Å².